The van der Waals surface area contributed by atoms with Crippen LogP contribution in [0.2, 0.25) is 0 Å². The van der Waals surface area contributed by atoms with Gasteiger partial charge in [0.2, 0.25) is 0 Å². The van der Waals surface area contributed by atoms with Crippen molar-refractivity contribution >= 4 is 5.97 Å². The molecular weight excluding hydrogens is 308 g/mol. The van der Waals surface area contributed by atoms with Gasteiger partial charge in [-0.15, -0.1) is 0 Å². The zero-order valence-corrected chi connectivity index (χ0v) is 17.6. The lowest BCUT2D eigenvalue weighted by atomic mass is 9.94. The fourth-order valence-electron chi connectivity index (χ4n) is 3.36. The molecule has 2 heteroatoms. The van der Waals surface area contributed by atoms with E-state index >= 15 is 0 Å². The van der Waals surface area contributed by atoms with Gasteiger partial charge in [0.1, 0.15) is 0 Å². The van der Waals surface area contributed by atoms with Crippen LogP contribution >= 0.6 is 0 Å². The maximum atomic E-state index is 12.4. The molecule has 2 nitrogen and oxygen atoms in total. The SMILES string of the molecule is CCCCCCCCC(CCCCCCC)C(=O)OCCCCCC. The van der Waals surface area contributed by atoms with Crippen LogP contribution in [0.1, 0.15) is 130 Å². The smallest absolute Gasteiger partial charge is 0.308 e. The van der Waals surface area contributed by atoms with Gasteiger partial charge in [0, 0.05) is 0 Å². The highest BCUT2D eigenvalue weighted by Crippen LogP contribution is 2.20. The van der Waals surface area contributed by atoms with Crippen molar-refractivity contribution in [2.24, 2.45) is 5.92 Å². The van der Waals surface area contributed by atoms with Crippen molar-refractivity contribution in [1.29, 1.82) is 0 Å². The summed E-state index contributed by atoms with van der Waals surface area (Å²) < 4.78 is 5.59. The molecule has 0 aromatic heterocycles. The van der Waals surface area contributed by atoms with Crippen molar-refractivity contribution < 1.29 is 9.53 Å². The molecule has 0 radical (unpaired) electrons. The van der Waals surface area contributed by atoms with Gasteiger partial charge in [-0.2, -0.15) is 0 Å². The normalized spacial score (nSPS) is 12.3. The molecule has 0 rings (SSSR count). The highest BCUT2D eigenvalue weighted by Gasteiger charge is 2.19. The molecule has 0 heterocycles. The summed E-state index contributed by atoms with van der Waals surface area (Å²) in [5.74, 6) is 0.236. The zero-order chi connectivity index (χ0) is 18.6. The molecule has 1 unspecified atom stereocenters. The van der Waals surface area contributed by atoms with Crippen molar-refractivity contribution in [1.82, 2.24) is 0 Å². The Morgan fingerprint density at radius 3 is 1.48 bits per heavy atom. The number of esters is 1. The maximum Gasteiger partial charge on any atom is 0.308 e. The van der Waals surface area contributed by atoms with Gasteiger partial charge in [-0.1, -0.05) is 111 Å². The molecule has 0 saturated heterocycles. The molecule has 0 saturated carbocycles. The van der Waals surface area contributed by atoms with Crippen LogP contribution in [0.4, 0.5) is 0 Å². The summed E-state index contributed by atoms with van der Waals surface area (Å²) in [4.78, 5) is 12.4. The molecule has 0 bridgehead atoms. The molecule has 0 fully saturated rings. The summed E-state index contributed by atoms with van der Waals surface area (Å²) in [5, 5.41) is 0. The zero-order valence-electron chi connectivity index (χ0n) is 17.6. The molecular formula is C23H46O2. The van der Waals surface area contributed by atoms with Gasteiger partial charge in [0.15, 0.2) is 0 Å². The van der Waals surface area contributed by atoms with Crippen LogP contribution < -0.4 is 0 Å². The average molecular weight is 355 g/mol. The monoisotopic (exact) mass is 354 g/mol. The van der Waals surface area contributed by atoms with Gasteiger partial charge < -0.3 is 4.74 Å². The van der Waals surface area contributed by atoms with Gasteiger partial charge in [-0.05, 0) is 19.3 Å². The molecule has 0 spiro atoms. The molecule has 1 atom stereocenters. The molecule has 0 amide bonds. The number of hydrogen-bond acceptors (Lipinski definition) is 2. The number of ether oxygens (including phenoxy) is 1. The molecule has 0 aromatic rings. The van der Waals surface area contributed by atoms with Crippen LogP contribution in [0.25, 0.3) is 0 Å². The van der Waals surface area contributed by atoms with E-state index in [1.807, 2.05) is 0 Å². The Bertz CT molecular complexity index is 275. The van der Waals surface area contributed by atoms with E-state index in [-0.39, 0.29) is 11.9 Å². The second-order valence-corrected chi connectivity index (χ2v) is 7.68. The van der Waals surface area contributed by atoms with Crippen molar-refractivity contribution in [2.45, 2.75) is 130 Å². The molecule has 0 aliphatic heterocycles. The Morgan fingerprint density at radius 1 is 0.600 bits per heavy atom. The van der Waals surface area contributed by atoms with Gasteiger partial charge in [-0.25, -0.2) is 0 Å². The fourth-order valence-corrected chi connectivity index (χ4v) is 3.36. The van der Waals surface area contributed by atoms with Gasteiger partial charge in [0.05, 0.1) is 12.5 Å². The number of carbonyl (C=O) groups is 1. The first-order valence-corrected chi connectivity index (χ1v) is 11.4. The highest BCUT2D eigenvalue weighted by molar-refractivity contribution is 5.72. The van der Waals surface area contributed by atoms with Crippen molar-refractivity contribution in [3.8, 4) is 0 Å². The van der Waals surface area contributed by atoms with Crippen molar-refractivity contribution in [3.05, 3.63) is 0 Å². The minimum Gasteiger partial charge on any atom is -0.465 e. The summed E-state index contributed by atoms with van der Waals surface area (Å²) in [6, 6.07) is 0. The fraction of sp³-hybridized carbons (Fsp3) is 0.957. The molecule has 150 valence electrons. The largest absolute Gasteiger partial charge is 0.465 e. The van der Waals surface area contributed by atoms with E-state index in [4.69, 9.17) is 4.74 Å². The predicted octanol–water partition coefficient (Wildman–Crippen LogP) is 7.84. The van der Waals surface area contributed by atoms with Crippen LogP contribution in [0.3, 0.4) is 0 Å². The number of carbonyl (C=O) groups excluding carboxylic acids is 1. The lowest BCUT2D eigenvalue weighted by Gasteiger charge is -2.16. The lowest BCUT2D eigenvalue weighted by molar-refractivity contribution is -0.149. The third-order valence-electron chi connectivity index (χ3n) is 5.14. The van der Waals surface area contributed by atoms with E-state index in [1.54, 1.807) is 0 Å². The number of hydrogen-bond donors (Lipinski definition) is 0. The Kier molecular flexibility index (Phi) is 19.4. The Labute approximate surface area is 158 Å². The van der Waals surface area contributed by atoms with Crippen LogP contribution in [0.5, 0.6) is 0 Å². The van der Waals surface area contributed by atoms with Crippen molar-refractivity contribution in [3.63, 3.8) is 0 Å². The van der Waals surface area contributed by atoms with E-state index in [2.05, 4.69) is 20.8 Å². The van der Waals surface area contributed by atoms with E-state index in [1.165, 1.54) is 89.9 Å². The van der Waals surface area contributed by atoms with Crippen LogP contribution in [0, 0.1) is 5.92 Å². The highest BCUT2D eigenvalue weighted by atomic mass is 16.5. The molecule has 0 N–H and O–H groups in total. The summed E-state index contributed by atoms with van der Waals surface area (Å²) in [6.45, 7) is 7.34. The minimum atomic E-state index is 0.0838. The molecule has 0 aliphatic carbocycles. The Balaban J connectivity index is 4.01. The van der Waals surface area contributed by atoms with E-state index < -0.39 is 0 Å². The number of unbranched alkanes of at least 4 members (excludes halogenated alkanes) is 12. The quantitative estimate of drug-likeness (QED) is 0.174. The second kappa shape index (κ2) is 19.8. The van der Waals surface area contributed by atoms with Gasteiger partial charge in [-0.3, -0.25) is 4.79 Å². The summed E-state index contributed by atoms with van der Waals surface area (Å²) in [6.07, 6.45) is 20.9. The topological polar surface area (TPSA) is 26.3 Å². The lowest BCUT2D eigenvalue weighted by Crippen LogP contribution is -2.18. The summed E-state index contributed by atoms with van der Waals surface area (Å²) in [5.41, 5.74) is 0. The van der Waals surface area contributed by atoms with Crippen LogP contribution in [0.15, 0.2) is 0 Å². The van der Waals surface area contributed by atoms with E-state index in [9.17, 15) is 4.79 Å². The molecule has 0 aromatic carbocycles. The second-order valence-electron chi connectivity index (χ2n) is 7.68. The molecule has 25 heavy (non-hydrogen) atoms. The van der Waals surface area contributed by atoms with Crippen LogP contribution in [-0.2, 0) is 9.53 Å². The Hall–Kier alpha value is -0.530. The third kappa shape index (κ3) is 16.7. The average Bonchev–Trinajstić information content (AvgIpc) is 2.62. The predicted molar refractivity (Wildman–Crippen MR) is 110 cm³/mol. The minimum absolute atomic E-state index is 0.0838. The summed E-state index contributed by atoms with van der Waals surface area (Å²) >= 11 is 0. The Morgan fingerprint density at radius 2 is 1.00 bits per heavy atom. The summed E-state index contributed by atoms with van der Waals surface area (Å²) in [7, 11) is 0. The van der Waals surface area contributed by atoms with Gasteiger partial charge in [0.25, 0.3) is 0 Å². The first kappa shape index (κ1) is 24.5. The van der Waals surface area contributed by atoms with Crippen molar-refractivity contribution in [2.75, 3.05) is 6.61 Å². The first-order chi connectivity index (χ1) is 12.3. The third-order valence-corrected chi connectivity index (χ3v) is 5.14. The van der Waals surface area contributed by atoms with Crippen LogP contribution in [-0.4, -0.2) is 12.6 Å². The number of rotatable bonds is 19. The molecule has 0 aliphatic rings. The standard InChI is InChI=1S/C23H46O2/c1-4-7-10-13-15-17-20-22(19-16-14-11-8-5-2)23(24)25-21-18-12-9-6-3/h22H,4-21H2,1-3H3. The maximum absolute atomic E-state index is 12.4. The van der Waals surface area contributed by atoms with Gasteiger partial charge >= 0.3 is 5.97 Å². The first-order valence-electron chi connectivity index (χ1n) is 11.4. The van der Waals surface area contributed by atoms with E-state index in [0.717, 1.165) is 19.3 Å². The van der Waals surface area contributed by atoms with E-state index in [0.29, 0.717) is 6.61 Å².